The van der Waals surface area contributed by atoms with Gasteiger partial charge in [0.2, 0.25) is 5.91 Å². The standard InChI is InChI=1S/C20H17F3N4O6/c1-32-6-7-33-17-5-2-12(20(21,22)23)8-16(17)25-18(28)10-26-11-24-15-4-3-13(27(30)31)9-14(15)19(26)29/h2-5,8-9,11H,6-7,10H2,1H3,(H,25,28). The van der Waals surface area contributed by atoms with Crippen molar-refractivity contribution in [3.63, 3.8) is 0 Å². The van der Waals surface area contributed by atoms with Crippen LogP contribution in [0.15, 0.2) is 47.5 Å². The Morgan fingerprint density at radius 3 is 2.64 bits per heavy atom. The number of hydrogen-bond donors (Lipinski definition) is 1. The van der Waals surface area contributed by atoms with Crippen LogP contribution >= 0.6 is 0 Å². The number of nitro benzene ring substituents is 1. The minimum Gasteiger partial charge on any atom is -0.489 e. The highest BCUT2D eigenvalue weighted by Crippen LogP contribution is 2.35. The van der Waals surface area contributed by atoms with Gasteiger partial charge in [-0.3, -0.25) is 24.3 Å². The highest BCUT2D eigenvalue weighted by atomic mass is 19.4. The zero-order valence-electron chi connectivity index (χ0n) is 17.1. The van der Waals surface area contributed by atoms with Crippen LogP contribution in [0.4, 0.5) is 24.5 Å². The number of nitrogens with zero attached hydrogens (tertiary/aromatic N) is 3. The molecule has 33 heavy (non-hydrogen) atoms. The van der Waals surface area contributed by atoms with Crippen molar-refractivity contribution in [2.24, 2.45) is 0 Å². The van der Waals surface area contributed by atoms with Gasteiger partial charge in [-0.15, -0.1) is 0 Å². The van der Waals surface area contributed by atoms with Crippen molar-refractivity contribution in [1.82, 2.24) is 9.55 Å². The van der Waals surface area contributed by atoms with E-state index in [0.717, 1.165) is 29.1 Å². The van der Waals surface area contributed by atoms with Crippen molar-refractivity contribution in [3.8, 4) is 5.75 Å². The minimum atomic E-state index is -4.65. The molecule has 0 bridgehead atoms. The Balaban J connectivity index is 1.87. The zero-order chi connectivity index (χ0) is 24.2. The number of nitrogens with one attached hydrogen (secondary N) is 1. The molecule has 0 saturated carbocycles. The number of aromatic nitrogens is 2. The fourth-order valence-corrected chi connectivity index (χ4v) is 2.88. The number of hydrogen-bond acceptors (Lipinski definition) is 7. The molecule has 0 fully saturated rings. The first-order chi connectivity index (χ1) is 15.6. The summed E-state index contributed by atoms with van der Waals surface area (Å²) in [6, 6.07) is 6.11. The number of alkyl halides is 3. The monoisotopic (exact) mass is 466 g/mol. The smallest absolute Gasteiger partial charge is 0.416 e. The molecule has 1 aromatic heterocycles. The molecule has 0 spiro atoms. The third kappa shape index (κ3) is 5.63. The summed E-state index contributed by atoms with van der Waals surface area (Å²) >= 11 is 0. The van der Waals surface area contributed by atoms with Gasteiger partial charge in [0.25, 0.3) is 11.2 Å². The number of halogens is 3. The maximum atomic E-state index is 13.1. The van der Waals surface area contributed by atoms with Crippen molar-refractivity contribution in [2.45, 2.75) is 12.7 Å². The molecule has 2 aromatic carbocycles. The minimum absolute atomic E-state index is 0.0204. The lowest BCUT2D eigenvalue weighted by Crippen LogP contribution is -2.28. The average Bonchev–Trinajstić information content (AvgIpc) is 2.76. The summed E-state index contributed by atoms with van der Waals surface area (Å²) in [5, 5.41) is 13.2. The van der Waals surface area contributed by atoms with Crippen molar-refractivity contribution < 1.29 is 32.4 Å². The Labute approximate surface area is 183 Å². The van der Waals surface area contributed by atoms with E-state index in [-0.39, 0.29) is 41.2 Å². The van der Waals surface area contributed by atoms with E-state index in [2.05, 4.69) is 10.3 Å². The predicted octanol–water partition coefficient (Wildman–Crippen LogP) is 2.99. The lowest BCUT2D eigenvalue weighted by molar-refractivity contribution is -0.384. The molecule has 0 aliphatic carbocycles. The van der Waals surface area contributed by atoms with Crippen molar-refractivity contribution in [1.29, 1.82) is 0 Å². The number of benzene rings is 2. The zero-order valence-corrected chi connectivity index (χ0v) is 17.1. The fourth-order valence-electron chi connectivity index (χ4n) is 2.88. The molecule has 0 aliphatic rings. The van der Waals surface area contributed by atoms with E-state index in [1.807, 2.05) is 0 Å². The summed E-state index contributed by atoms with van der Waals surface area (Å²) in [6.45, 7) is -0.408. The topological polar surface area (TPSA) is 126 Å². The van der Waals surface area contributed by atoms with E-state index in [1.54, 1.807) is 0 Å². The fraction of sp³-hybridized carbons (Fsp3) is 0.250. The molecule has 0 saturated heterocycles. The summed E-state index contributed by atoms with van der Waals surface area (Å²) in [6.07, 6.45) is -3.59. The van der Waals surface area contributed by atoms with Crippen LogP contribution in [0, 0.1) is 10.1 Å². The molecule has 10 nitrogen and oxygen atoms in total. The van der Waals surface area contributed by atoms with Crippen molar-refractivity contribution >= 4 is 28.2 Å². The van der Waals surface area contributed by atoms with Crippen LogP contribution < -0.4 is 15.6 Å². The SMILES string of the molecule is COCCOc1ccc(C(F)(F)F)cc1NC(=O)Cn1cnc2ccc([N+](=O)[O-])cc2c1=O. The Morgan fingerprint density at radius 1 is 1.21 bits per heavy atom. The number of fused-ring (bicyclic) bond motifs is 1. The van der Waals surface area contributed by atoms with Gasteiger partial charge in [-0.2, -0.15) is 13.2 Å². The maximum Gasteiger partial charge on any atom is 0.416 e. The second kappa shape index (κ2) is 9.65. The van der Waals surface area contributed by atoms with Crippen LogP contribution in [0.5, 0.6) is 5.75 Å². The van der Waals surface area contributed by atoms with E-state index in [9.17, 15) is 32.9 Å². The van der Waals surface area contributed by atoms with Gasteiger partial charge in [-0.05, 0) is 24.3 Å². The second-order valence-corrected chi connectivity index (χ2v) is 6.73. The molecule has 1 heterocycles. The van der Waals surface area contributed by atoms with Gasteiger partial charge in [0.15, 0.2) is 0 Å². The molecular weight excluding hydrogens is 449 g/mol. The van der Waals surface area contributed by atoms with Gasteiger partial charge >= 0.3 is 6.18 Å². The van der Waals surface area contributed by atoms with E-state index in [4.69, 9.17) is 9.47 Å². The lowest BCUT2D eigenvalue weighted by atomic mass is 10.1. The quantitative estimate of drug-likeness (QED) is 0.307. The van der Waals surface area contributed by atoms with Gasteiger partial charge in [0.1, 0.15) is 18.9 Å². The average molecular weight is 466 g/mol. The number of ether oxygens (including phenoxy) is 2. The molecule has 1 amide bonds. The first kappa shape index (κ1) is 23.7. The molecular formula is C20H17F3N4O6. The number of carbonyl (C=O) groups is 1. The molecule has 0 atom stereocenters. The van der Waals surface area contributed by atoms with Crippen LogP contribution in [0.25, 0.3) is 10.9 Å². The highest BCUT2D eigenvalue weighted by Gasteiger charge is 2.31. The molecule has 174 valence electrons. The first-order valence-corrected chi connectivity index (χ1v) is 9.36. The number of methoxy groups -OCH3 is 1. The summed E-state index contributed by atoms with van der Waals surface area (Å²) in [7, 11) is 1.42. The van der Waals surface area contributed by atoms with Crippen LogP contribution in [-0.2, 0) is 22.3 Å². The van der Waals surface area contributed by atoms with Crippen molar-refractivity contribution in [2.75, 3.05) is 25.6 Å². The molecule has 0 unspecified atom stereocenters. The van der Waals surface area contributed by atoms with E-state index < -0.39 is 34.7 Å². The summed E-state index contributed by atoms with van der Waals surface area (Å²) in [5.74, 6) is -0.854. The Kier molecular flexibility index (Phi) is 6.92. The number of amides is 1. The number of non-ortho nitro benzene ring substituents is 1. The molecule has 1 N–H and O–H groups in total. The van der Waals surface area contributed by atoms with Gasteiger partial charge in [-0.25, -0.2) is 4.98 Å². The molecule has 0 aliphatic heterocycles. The maximum absolute atomic E-state index is 13.1. The number of anilines is 1. The summed E-state index contributed by atoms with van der Waals surface area (Å²) < 4.78 is 50.4. The Hall–Kier alpha value is -4.00. The van der Waals surface area contributed by atoms with Gasteiger partial charge < -0.3 is 14.8 Å². The van der Waals surface area contributed by atoms with Crippen LogP contribution in [0.1, 0.15) is 5.56 Å². The largest absolute Gasteiger partial charge is 0.489 e. The van der Waals surface area contributed by atoms with Gasteiger partial charge in [-0.1, -0.05) is 0 Å². The molecule has 0 radical (unpaired) electrons. The first-order valence-electron chi connectivity index (χ1n) is 9.36. The number of carbonyl (C=O) groups excluding carboxylic acids is 1. The predicted molar refractivity (Wildman–Crippen MR) is 110 cm³/mol. The number of rotatable bonds is 8. The van der Waals surface area contributed by atoms with Gasteiger partial charge in [0.05, 0.1) is 40.0 Å². The third-order valence-corrected chi connectivity index (χ3v) is 4.46. The third-order valence-electron chi connectivity index (χ3n) is 4.46. The summed E-state index contributed by atoms with van der Waals surface area (Å²) in [5.41, 5.74) is -2.11. The Morgan fingerprint density at radius 2 is 1.97 bits per heavy atom. The normalized spacial score (nSPS) is 11.4. The molecule has 13 heteroatoms. The summed E-state index contributed by atoms with van der Waals surface area (Å²) in [4.78, 5) is 39.4. The van der Waals surface area contributed by atoms with Crippen LogP contribution in [0.3, 0.4) is 0 Å². The van der Waals surface area contributed by atoms with E-state index in [1.165, 1.54) is 19.2 Å². The Bertz CT molecular complexity index is 1260. The highest BCUT2D eigenvalue weighted by molar-refractivity contribution is 5.92. The number of nitro groups is 1. The second-order valence-electron chi connectivity index (χ2n) is 6.73. The van der Waals surface area contributed by atoms with E-state index in [0.29, 0.717) is 6.07 Å². The van der Waals surface area contributed by atoms with Crippen molar-refractivity contribution in [3.05, 3.63) is 68.8 Å². The van der Waals surface area contributed by atoms with Crippen LogP contribution in [-0.4, -0.2) is 40.7 Å². The molecule has 3 rings (SSSR count). The van der Waals surface area contributed by atoms with E-state index >= 15 is 0 Å². The van der Waals surface area contributed by atoms with Gasteiger partial charge in [0, 0.05) is 19.2 Å². The lowest BCUT2D eigenvalue weighted by Gasteiger charge is -2.15. The van der Waals surface area contributed by atoms with Crippen LogP contribution in [0.2, 0.25) is 0 Å². The molecule has 3 aromatic rings.